The molecule has 0 aliphatic rings. The molecule has 0 saturated carbocycles. The van der Waals surface area contributed by atoms with E-state index in [1.54, 1.807) is 0 Å². The summed E-state index contributed by atoms with van der Waals surface area (Å²) < 4.78 is 137. The molecule has 0 atom stereocenters. The zero-order chi connectivity index (χ0) is 60.5. The highest BCUT2D eigenvalue weighted by atomic mass is 16.6. The topological polar surface area (TPSA) is 298 Å². The van der Waals surface area contributed by atoms with Gasteiger partial charge in [0.15, 0.2) is 0 Å². The van der Waals surface area contributed by atoms with Crippen molar-refractivity contribution in [2.75, 3.05) is 324 Å². The van der Waals surface area contributed by atoms with Crippen LogP contribution in [0.15, 0.2) is 5.11 Å². The smallest absolute Gasteiger partial charge is 0.308 e. The third kappa shape index (κ3) is 77.8. The van der Waals surface area contributed by atoms with Gasteiger partial charge >= 0.3 is 5.97 Å². The summed E-state index contributed by atoms with van der Waals surface area (Å²) in [5.74, 6) is -0.271. The van der Waals surface area contributed by atoms with E-state index < -0.39 is 5.60 Å². The van der Waals surface area contributed by atoms with Gasteiger partial charge in [0.05, 0.1) is 324 Å². The molecule has 0 spiro atoms. The third-order valence-electron chi connectivity index (χ3n) is 9.83. The molecule has 0 bridgehead atoms. The van der Waals surface area contributed by atoms with E-state index in [9.17, 15) is 4.79 Å². The van der Waals surface area contributed by atoms with Crippen LogP contribution in [0.2, 0.25) is 0 Å². The van der Waals surface area contributed by atoms with Gasteiger partial charge in [-0.05, 0) is 20.8 Å². The molecule has 0 aliphatic heterocycles. The monoisotopic (exact) mass is 1230 g/mol. The van der Waals surface area contributed by atoms with Crippen LogP contribution in [0.25, 0.3) is 0 Å². The van der Waals surface area contributed by atoms with E-state index in [0.717, 1.165) is 0 Å². The lowest BCUT2D eigenvalue weighted by molar-refractivity contribution is -0.156. The van der Waals surface area contributed by atoms with Crippen molar-refractivity contribution in [2.24, 2.45) is 5.11 Å². The molecule has 84 heavy (non-hydrogen) atoms. The van der Waals surface area contributed by atoms with Crippen LogP contribution in [0.1, 0.15) is 27.2 Å². The minimum atomic E-state index is -0.484. The van der Waals surface area contributed by atoms with Crippen molar-refractivity contribution < 1.29 is 123 Å². The predicted octanol–water partition coefficient (Wildman–Crippen LogP) is 1.67. The molecule has 0 aromatic carbocycles. The Kier molecular flexibility index (Phi) is 71.4. The van der Waals surface area contributed by atoms with E-state index in [4.69, 9.17) is 124 Å². The first-order valence-electron chi connectivity index (χ1n) is 29.6. The Balaban J connectivity index is 3.10. The largest absolute Gasteiger partial charge is 0.460 e. The summed E-state index contributed by atoms with van der Waals surface area (Å²) in [5, 5.41) is 3.49. The number of nitrogens with one attached hydrogen (secondary N) is 1. The summed E-state index contributed by atoms with van der Waals surface area (Å²) in [7, 11) is 0. The number of hydrogen-bond acceptors (Lipinski definition) is 28. The van der Waals surface area contributed by atoms with Crippen LogP contribution in [0.3, 0.4) is 0 Å². The SMILES string of the molecule is CC(C)(C)OC(=O)CCOCCOCCOCCOCCOCCOCCOCCOCCOCCOCCOCCOCCOCCOCCOCCOCCOCCOCCOCCOCCOCCOCCOCCOCCN=[N+]=N. The number of carbonyl (C=O) groups excluding carboxylic acids is 1. The van der Waals surface area contributed by atoms with Crippen LogP contribution in [0.4, 0.5) is 0 Å². The predicted molar refractivity (Wildman–Crippen MR) is 302 cm³/mol. The maximum atomic E-state index is 11.6. The fourth-order valence-electron chi connectivity index (χ4n) is 5.86. The number of nitrogens with zero attached hydrogens (tertiary/aromatic N) is 2. The van der Waals surface area contributed by atoms with Gasteiger partial charge in [-0.25, -0.2) is 0 Å². The van der Waals surface area contributed by atoms with Gasteiger partial charge in [-0.15, -0.1) is 0 Å². The highest BCUT2D eigenvalue weighted by Gasteiger charge is 2.15. The number of rotatable bonds is 75. The van der Waals surface area contributed by atoms with Crippen LogP contribution in [-0.4, -0.2) is 335 Å². The average Bonchev–Trinajstić information content (AvgIpc) is 3.50. The zero-order valence-corrected chi connectivity index (χ0v) is 51.4. The molecule has 0 amide bonds. The lowest BCUT2D eigenvalue weighted by atomic mass is 10.2. The average molecular weight is 1230 g/mol. The quantitative estimate of drug-likeness (QED) is 0.0392. The van der Waals surface area contributed by atoms with Crippen LogP contribution in [0, 0.1) is 5.53 Å². The van der Waals surface area contributed by atoms with Crippen molar-refractivity contribution in [3.05, 3.63) is 0 Å². The lowest BCUT2D eigenvalue weighted by Crippen LogP contribution is -2.24. The molecule has 1 N–H and O–H groups in total. The molecule has 29 heteroatoms. The lowest BCUT2D eigenvalue weighted by Gasteiger charge is -2.19. The molecule has 0 radical (unpaired) electrons. The van der Waals surface area contributed by atoms with E-state index in [2.05, 4.69) is 10.0 Å². The first-order valence-corrected chi connectivity index (χ1v) is 29.6. The molecule has 0 rings (SSSR count). The molecule has 0 heterocycles. The summed E-state index contributed by atoms with van der Waals surface area (Å²) in [6, 6.07) is 0. The Morgan fingerprint density at radius 3 is 0.512 bits per heavy atom. The second kappa shape index (κ2) is 73.3. The highest BCUT2D eigenvalue weighted by Crippen LogP contribution is 2.08. The molecular formula is C55H110N3O26+. The number of carbonyl (C=O) groups is 1. The van der Waals surface area contributed by atoms with E-state index in [1.165, 1.54) is 0 Å². The van der Waals surface area contributed by atoms with Crippen molar-refractivity contribution in [3.8, 4) is 0 Å². The van der Waals surface area contributed by atoms with Crippen molar-refractivity contribution in [1.82, 2.24) is 4.91 Å². The molecule has 0 fully saturated rings. The summed E-state index contributed by atoms with van der Waals surface area (Å²) in [6.07, 6.45) is 0.223. The number of hydrogen-bond donors (Lipinski definition) is 1. The van der Waals surface area contributed by atoms with Crippen molar-refractivity contribution in [1.29, 1.82) is 5.53 Å². The molecule has 0 aromatic rings. The van der Waals surface area contributed by atoms with Gasteiger partial charge in [0, 0.05) is 0 Å². The molecule has 0 aromatic heterocycles. The molecule has 0 unspecified atom stereocenters. The molecule has 0 saturated heterocycles. The number of esters is 1. The Bertz CT molecular complexity index is 1320. The van der Waals surface area contributed by atoms with E-state index in [0.29, 0.717) is 324 Å². The fraction of sp³-hybridized carbons (Fsp3) is 0.982. The first kappa shape index (κ1) is 81.8. The first-order chi connectivity index (χ1) is 41.5. The minimum absolute atomic E-state index is 0.223. The van der Waals surface area contributed by atoms with Gasteiger partial charge in [0.25, 0.3) is 0 Å². The highest BCUT2D eigenvalue weighted by molar-refractivity contribution is 5.69. The maximum absolute atomic E-state index is 11.6. The van der Waals surface area contributed by atoms with Crippen molar-refractivity contribution >= 4 is 5.97 Å². The van der Waals surface area contributed by atoms with E-state index in [1.807, 2.05) is 20.8 Å². The summed E-state index contributed by atoms with van der Waals surface area (Å²) >= 11 is 0. The summed E-state index contributed by atoms with van der Waals surface area (Å²) in [5.41, 5.74) is 6.05. The maximum Gasteiger partial charge on any atom is 0.308 e. The van der Waals surface area contributed by atoms with E-state index >= 15 is 0 Å². The molecule has 29 nitrogen and oxygen atoms in total. The summed E-state index contributed by atoms with van der Waals surface area (Å²) in [4.78, 5) is 14.5. The molecule has 500 valence electrons. The number of ether oxygens (including phenoxy) is 25. The Morgan fingerprint density at radius 1 is 0.250 bits per heavy atom. The zero-order valence-electron chi connectivity index (χ0n) is 51.4. The Hall–Kier alpha value is -2.18. The van der Waals surface area contributed by atoms with Crippen LogP contribution < -0.4 is 4.91 Å². The Morgan fingerprint density at radius 2 is 0.381 bits per heavy atom. The van der Waals surface area contributed by atoms with Crippen molar-refractivity contribution in [3.63, 3.8) is 0 Å². The van der Waals surface area contributed by atoms with Crippen molar-refractivity contribution in [2.45, 2.75) is 32.8 Å². The second-order valence-corrected chi connectivity index (χ2v) is 18.0. The standard InChI is InChI=1S/C55H110N3O26/c1-55(2,3)84-54(59)4-6-60-8-10-62-12-14-64-16-18-66-20-22-68-24-26-70-28-30-72-32-34-74-36-38-76-40-42-78-44-46-80-48-50-82-52-53-83-51-49-81-47-45-79-43-41-77-39-37-75-35-33-73-31-29-71-27-25-69-23-21-67-19-17-65-15-13-63-11-9-61-7-5-57-58-56/h56H,4-53H2,1-3H3/q+1. The second-order valence-electron chi connectivity index (χ2n) is 18.0. The van der Waals surface area contributed by atoms with Gasteiger partial charge in [0.1, 0.15) is 22.8 Å². The molecule has 0 aliphatic carbocycles. The van der Waals surface area contributed by atoms with Gasteiger partial charge in [-0.3, -0.25) is 4.79 Å². The third-order valence-corrected chi connectivity index (χ3v) is 9.83. The van der Waals surface area contributed by atoms with Crippen LogP contribution >= 0.6 is 0 Å². The van der Waals surface area contributed by atoms with Gasteiger partial charge in [-0.1, -0.05) is 0 Å². The fourth-order valence-corrected chi connectivity index (χ4v) is 5.86. The summed E-state index contributed by atoms with van der Waals surface area (Å²) in [6.45, 7) is 28.6. The van der Waals surface area contributed by atoms with Gasteiger partial charge in [-0.2, -0.15) is 0 Å². The van der Waals surface area contributed by atoms with Crippen LogP contribution in [0.5, 0.6) is 0 Å². The van der Waals surface area contributed by atoms with Crippen LogP contribution in [-0.2, 0) is 123 Å². The van der Waals surface area contributed by atoms with Gasteiger partial charge < -0.3 is 118 Å². The molecular weight excluding hydrogens is 1120 g/mol. The Labute approximate surface area is 500 Å². The minimum Gasteiger partial charge on any atom is -0.460 e. The normalized spacial score (nSPS) is 11.8. The van der Waals surface area contributed by atoms with Gasteiger partial charge in [0.2, 0.25) is 4.91 Å². The van der Waals surface area contributed by atoms with E-state index in [-0.39, 0.29) is 12.4 Å².